The van der Waals surface area contributed by atoms with Crippen LogP contribution >= 0.6 is 43.2 Å². The van der Waals surface area contributed by atoms with Gasteiger partial charge in [-0.15, -0.1) is 11.3 Å². The minimum atomic E-state index is -3.39. The van der Waals surface area contributed by atoms with Gasteiger partial charge < -0.3 is 0 Å². The van der Waals surface area contributed by atoms with E-state index in [1.54, 1.807) is 6.07 Å². The zero-order valence-electron chi connectivity index (χ0n) is 11.3. The number of halogens is 2. The number of rotatable bonds is 7. The van der Waals surface area contributed by atoms with Gasteiger partial charge in [0.1, 0.15) is 4.21 Å². The highest BCUT2D eigenvalue weighted by molar-refractivity contribution is 9.11. The monoisotopic (exact) mass is 431 g/mol. The summed E-state index contributed by atoms with van der Waals surface area (Å²) < 4.78 is 28.3. The molecule has 1 rings (SSSR count). The van der Waals surface area contributed by atoms with Crippen LogP contribution in [0.2, 0.25) is 0 Å². The van der Waals surface area contributed by atoms with Crippen LogP contribution in [0.5, 0.6) is 0 Å². The number of sulfonamides is 1. The fourth-order valence-electron chi connectivity index (χ4n) is 1.56. The molecule has 0 saturated carbocycles. The van der Waals surface area contributed by atoms with Crippen LogP contribution in [-0.2, 0) is 10.0 Å². The third-order valence-corrected chi connectivity index (χ3v) is 7.40. The topological polar surface area (TPSA) is 46.2 Å². The minimum Gasteiger partial charge on any atom is -0.210 e. The molecule has 0 radical (unpaired) electrons. The van der Waals surface area contributed by atoms with Gasteiger partial charge in [-0.05, 0) is 52.7 Å². The Labute approximate surface area is 136 Å². The SMILES string of the molecule is Cc1cc(S(=O)(=O)NCC(C)(C)CCCBr)sc1Br. The molecule has 3 nitrogen and oxygen atoms in total. The zero-order chi connectivity index (χ0) is 14.7. The summed E-state index contributed by atoms with van der Waals surface area (Å²) in [7, 11) is -3.39. The van der Waals surface area contributed by atoms with E-state index in [2.05, 4.69) is 50.4 Å². The Morgan fingerprint density at radius 2 is 2.05 bits per heavy atom. The normalized spacial score (nSPS) is 12.9. The molecule has 0 aliphatic carbocycles. The molecule has 1 N–H and O–H groups in total. The molecule has 1 aromatic heterocycles. The predicted octanol–water partition coefficient (Wildman–Crippen LogP) is 4.30. The van der Waals surface area contributed by atoms with Crippen molar-refractivity contribution in [1.29, 1.82) is 0 Å². The Balaban J connectivity index is 2.70. The predicted molar refractivity (Wildman–Crippen MR) is 88.8 cm³/mol. The second-order valence-corrected chi connectivity index (χ2v) is 10.5. The fraction of sp³-hybridized carbons (Fsp3) is 0.667. The Morgan fingerprint density at radius 3 is 2.53 bits per heavy atom. The van der Waals surface area contributed by atoms with Crippen LogP contribution in [0.15, 0.2) is 14.1 Å². The van der Waals surface area contributed by atoms with Gasteiger partial charge in [-0.25, -0.2) is 13.1 Å². The summed E-state index contributed by atoms with van der Waals surface area (Å²) in [5, 5.41) is 0.945. The molecule has 0 saturated heterocycles. The molecule has 0 aliphatic heterocycles. The molecule has 7 heteroatoms. The third kappa shape index (κ3) is 5.46. The number of nitrogens with one attached hydrogen (secondary N) is 1. The largest absolute Gasteiger partial charge is 0.250 e. The van der Waals surface area contributed by atoms with Crippen molar-refractivity contribution in [3.05, 3.63) is 15.4 Å². The first-order valence-corrected chi connectivity index (χ1v) is 10.2. The van der Waals surface area contributed by atoms with E-state index in [1.807, 2.05) is 6.92 Å². The number of aryl methyl sites for hydroxylation is 1. The van der Waals surface area contributed by atoms with Crippen molar-refractivity contribution in [3.63, 3.8) is 0 Å². The summed E-state index contributed by atoms with van der Waals surface area (Å²) in [6.07, 6.45) is 2.02. The van der Waals surface area contributed by atoms with Crippen molar-refractivity contribution in [2.24, 2.45) is 5.41 Å². The van der Waals surface area contributed by atoms with E-state index in [1.165, 1.54) is 11.3 Å². The second kappa shape index (κ2) is 7.02. The maximum Gasteiger partial charge on any atom is 0.250 e. The Kier molecular flexibility index (Phi) is 6.51. The lowest BCUT2D eigenvalue weighted by molar-refractivity contribution is 0.332. The minimum absolute atomic E-state index is 0.0373. The molecule has 1 heterocycles. The van der Waals surface area contributed by atoms with Crippen LogP contribution in [0.1, 0.15) is 32.3 Å². The van der Waals surface area contributed by atoms with Crippen LogP contribution < -0.4 is 4.72 Å². The molecule has 0 spiro atoms. The molecule has 0 atom stereocenters. The Morgan fingerprint density at radius 1 is 1.42 bits per heavy atom. The maximum absolute atomic E-state index is 12.2. The van der Waals surface area contributed by atoms with Gasteiger partial charge in [-0.2, -0.15) is 0 Å². The highest BCUT2D eigenvalue weighted by Crippen LogP contribution is 2.31. The van der Waals surface area contributed by atoms with Gasteiger partial charge in [0.25, 0.3) is 0 Å². The molecule has 0 unspecified atom stereocenters. The van der Waals surface area contributed by atoms with Crippen molar-refractivity contribution in [2.75, 3.05) is 11.9 Å². The quantitative estimate of drug-likeness (QED) is 0.652. The number of hydrogen-bond acceptors (Lipinski definition) is 3. The third-order valence-electron chi connectivity index (χ3n) is 2.83. The molecule has 0 amide bonds. The van der Waals surface area contributed by atoms with Crippen LogP contribution in [0.3, 0.4) is 0 Å². The smallest absolute Gasteiger partial charge is 0.210 e. The lowest BCUT2D eigenvalue weighted by Gasteiger charge is -2.24. The average molecular weight is 433 g/mol. The fourth-order valence-corrected chi connectivity index (χ4v) is 5.35. The van der Waals surface area contributed by atoms with Crippen molar-refractivity contribution >= 4 is 53.2 Å². The summed E-state index contributed by atoms with van der Waals surface area (Å²) in [5.41, 5.74) is 0.911. The summed E-state index contributed by atoms with van der Waals surface area (Å²) in [5.74, 6) is 0. The molecule has 0 fully saturated rings. The van der Waals surface area contributed by atoms with E-state index in [9.17, 15) is 8.42 Å². The first-order chi connectivity index (χ1) is 8.68. The molecule has 110 valence electrons. The first kappa shape index (κ1) is 17.6. The van der Waals surface area contributed by atoms with Gasteiger partial charge in [0.05, 0.1) is 3.79 Å². The lowest BCUT2D eigenvalue weighted by atomic mass is 9.88. The van der Waals surface area contributed by atoms with Gasteiger partial charge >= 0.3 is 0 Å². The standard InChI is InChI=1S/C12H19Br2NO2S2/c1-9-7-10(18-11(9)14)19(16,17)15-8-12(2,3)5-4-6-13/h7,15H,4-6,8H2,1-3H3. The Hall–Kier alpha value is 0.570. The maximum atomic E-state index is 12.2. The van der Waals surface area contributed by atoms with E-state index in [0.717, 1.165) is 27.5 Å². The van der Waals surface area contributed by atoms with E-state index in [0.29, 0.717) is 10.8 Å². The molecular weight excluding hydrogens is 414 g/mol. The van der Waals surface area contributed by atoms with E-state index in [-0.39, 0.29) is 5.41 Å². The highest BCUT2D eigenvalue weighted by atomic mass is 79.9. The van der Waals surface area contributed by atoms with Gasteiger partial charge in [-0.1, -0.05) is 29.8 Å². The number of alkyl halides is 1. The van der Waals surface area contributed by atoms with Crippen molar-refractivity contribution in [2.45, 2.75) is 37.8 Å². The summed E-state index contributed by atoms with van der Waals surface area (Å²) in [6, 6.07) is 1.70. The molecule has 19 heavy (non-hydrogen) atoms. The van der Waals surface area contributed by atoms with Crippen molar-refractivity contribution in [3.8, 4) is 0 Å². The second-order valence-electron chi connectivity index (χ2n) is 5.30. The van der Waals surface area contributed by atoms with E-state index in [4.69, 9.17) is 0 Å². The van der Waals surface area contributed by atoms with Gasteiger partial charge in [0, 0.05) is 11.9 Å². The van der Waals surface area contributed by atoms with Gasteiger partial charge in [-0.3, -0.25) is 0 Å². The Bertz CT molecular complexity index is 504. The number of hydrogen-bond donors (Lipinski definition) is 1. The van der Waals surface area contributed by atoms with Gasteiger partial charge in [0.15, 0.2) is 0 Å². The zero-order valence-corrected chi connectivity index (χ0v) is 16.1. The molecule has 1 aromatic rings. The summed E-state index contributed by atoms with van der Waals surface area (Å²) in [6.45, 7) is 6.50. The molecular formula is C12H19Br2NO2S2. The number of thiophene rings is 1. The lowest BCUT2D eigenvalue weighted by Crippen LogP contribution is -2.33. The highest BCUT2D eigenvalue weighted by Gasteiger charge is 2.23. The van der Waals surface area contributed by atoms with Crippen LogP contribution in [0.4, 0.5) is 0 Å². The van der Waals surface area contributed by atoms with E-state index < -0.39 is 10.0 Å². The average Bonchev–Trinajstić information content (AvgIpc) is 2.66. The summed E-state index contributed by atoms with van der Waals surface area (Å²) in [4.78, 5) is 0. The van der Waals surface area contributed by atoms with Crippen LogP contribution in [0.25, 0.3) is 0 Å². The van der Waals surface area contributed by atoms with Crippen LogP contribution in [0, 0.1) is 12.3 Å². The summed E-state index contributed by atoms with van der Waals surface area (Å²) >= 11 is 8.00. The molecule has 0 bridgehead atoms. The first-order valence-electron chi connectivity index (χ1n) is 5.99. The van der Waals surface area contributed by atoms with Crippen molar-refractivity contribution in [1.82, 2.24) is 4.72 Å². The molecule has 0 aromatic carbocycles. The van der Waals surface area contributed by atoms with Crippen molar-refractivity contribution < 1.29 is 8.42 Å². The van der Waals surface area contributed by atoms with E-state index >= 15 is 0 Å². The molecule has 0 aliphatic rings. The van der Waals surface area contributed by atoms with Gasteiger partial charge in [0.2, 0.25) is 10.0 Å². The van der Waals surface area contributed by atoms with Crippen LogP contribution in [-0.4, -0.2) is 20.3 Å².